The highest BCUT2D eigenvalue weighted by Crippen LogP contribution is 2.24. The van der Waals surface area contributed by atoms with Crippen molar-refractivity contribution < 1.29 is 19.3 Å². The zero-order valence-electron chi connectivity index (χ0n) is 12.6. The molecule has 1 aromatic rings. The largest absolute Gasteiger partial charge is 0.508 e. The molecule has 0 saturated heterocycles. The third-order valence-electron chi connectivity index (χ3n) is 3.12. The third-order valence-corrected chi connectivity index (χ3v) is 3.12. The Morgan fingerprint density at radius 1 is 1.05 bits per heavy atom. The molecule has 0 saturated carbocycles. The van der Waals surface area contributed by atoms with Crippen LogP contribution >= 0.6 is 0 Å². The molecule has 0 heterocycles. The Labute approximate surface area is 121 Å². The van der Waals surface area contributed by atoms with Crippen molar-refractivity contribution in [2.45, 2.75) is 13.0 Å². The summed E-state index contributed by atoms with van der Waals surface area (Å²) in [5.41, 5.74) is 0.859. The van der Waals surface area contributed by atoms with E-state index in [4.69, 9.17) is 14.2 Å². The molecule has 0 fully saturated rings. The summed E-state index contributed by atoms with van der Waals surface area (Å²) in [4.78, 5) is 2.23. The lowest BCUT2D eigenvalue weighted by molar-refractivity contribution is 0.128. The zero-order chi connectivity index (χ0) is 14.8. The molecule has 0 amide bonds. The van der Waals surface area contributed by atoms with Crippen molar-refractivity contribution in [2.24, 2.45) is 0 Å². The molecule has 0 atom stereocenters. The first-order chi connectivity index (χ1) is 9.71. The highest BCUT2D eigenvalue weighted by atomic mass is 16.5. The molecule has 0 bridgehead atoms. The smallest absolute Gasteiger partial charge is 0.120 e. The molecular formula is C15H25NO4. The van der Waals surface area contributed by atoms with Gasteiger partial charge in [-0.15, -0.1) is 0 Å². The maximum absolute atomic E-state index is 9.94. The van der Waals surface area contributed by atoms with Gasteiger partial charge in [0.2, 0.25) is 0 Å². The maximum atomic E-state index is 9.94. The number of ether oxygens (including phenoxy) is 3. The van der Waals surface area contributed by atoms with Gasteiger partial charge in [-0.2, -0.15) is 0 Å². The lowest BCUT2D eigenvalue weighted by Gasteiger charge is -2.22. The van der Waals surface area contributed by atoms with Gasteiger partial charge in [-0.05, 0) is 24.6 Å². The van der Waals surface area contributed by atoms with Gasteiger partial charge in [0.1, 0.15) is 11.5 Å². The van der Waals surface area contributed by atoms with Gasteiger partial charge in [-0.3, -0.25) is 4.90 Å². The van der Waals surface area contributed by atoms with Crippen LogP contribution in [0.5, 0.6) is 11.5 Å². The second-order valence-electron chi connectivity index (χ2n) is 4.61. The van der Waals surface area contributed by atoms with E-state index in [0.717, 1.165) is 37.4 Å². The molecule has 0 aromatic heterocycles. The summed E-state index contributed by atoms with van der Waals surface area (Å²) < 4.78 is 15.4. The number of phenolic OH excluding ortho intramolecular Hbond substituents is 1. The van der Waals surface area contributed by atoms with E-state index in [1.54, 1.807) is 33.5 Å². The third kappa shape index (κ3) is 5.77. The van der Waals surface area contributed by atoms with E-state index >= 15 is 0 Å². The quantitative estimate of drug-likeness (QED) is 0.665. The van der Waals surface area contributed by atoms with E-state index < -0.39 is 0 Å². The molecule has 20 heavy (non-hydrogen) atoms. The number of methoxy groups -OCH3 is 3. The van der Waals surface area contributed by atoms with Crippen molar-refractivity contribution >= 4 is 0 Å². The van der Waals surface area contributed by atoms with Crippen molar-refractivity contribution in [2.75, 3.05) is 47.6 Å². The number of aromatic hydroxyl groups is 1. The molecule has 1 N–H and O–H groups in total. The molecule has 0 aliphatic rings. The summed E-state index contributed by atoms with van der Waals surface area (Å²) in [5.74, 6) is 1.04. The van der Waals surface area contributed by atoms with Crippen molar-refractivity contribution in [1.82, 2.24) is 4.90 Å². The standard InChI is InChI=1S/C15H25NO4/c1-18-9-4-7-16(8-10-19-2)12-13-11-14(20-3)5-6-15(13)17/h5-6,11,17H,4,7-10,12H2,1-3H3. The second-order valence-corrected chi connectivity index (χ2v) is 4.61. The van der Waals surface area contributed by atoms with Crippen LogP contribution < -0.4 is 4.74 Å². The van der Waals surface area contributed by atoms with Gasteiger partial charge in [0, 0.05) is 46.0 Å². The van der Waals surface area contributed by atoms with Crippen LogP contribution in [-0.4, -0.2) is 57.6 Å². The number of phenols is 1. The molecule has 0 radical (unpaired) electrons. The number of nitrogens with zero attached hydrogens (tertiary/aromatic N) is 1. The summed E-state index contributed by atoms with van der Waals surface area (Å²) in [5, 5.41) is 9.94. The number of hydrogen-bond acceptors (Lipinski definition) is 5. The molecule has 1 aromatic carbocycles. The fourth-order valence-electron chi connectivity index (χ4n) is 1.98. The van der Waals surface area contributed by atoms with Crippen LogP contribution in [0.15, 0.2) is 18.2 Å². The summed E-state index contributed by atoms with van der Waals surface area (Å²) in [6.45, 7) is 3.77. The highest BCUT2D eigenvalue weighted by Gasteiger charge is 2.10. The lowest BCUT2D eigenvalue weighted by Crippen LogP contribution is -2.28. The predicted octanol–water partition coefficient (Wildman–Crippen LogP) is 1.89. The minimum absolute atomic E-state index is 0.292. The van der Waals surface area contributed by atoms with Gasteiger partial charge in [0.25, 0.3) is 0 Å². The predicted molar refractivity (Wildman–Crippen MR) is 78.3 cm³/mol. The van der Waals surface area contributed by atoms with Gasteiger partial charge in [-0.1, -0.05) is 0 Å². The van der Waals surface area contributed by atoms with Crippen molar-refractivity contribution in [3.8, 4) is 11.5 Å². The Bertz CT molecular complexity index is 384. The molecule has 114 valence electrons. The van der Waals surface area contributed by atoms with E-state index in [1.807, 2.05) is 6.07 Å². The topological polar surface area (TPSA) is 51.2 Å². The first-order valence-corrected chi connectivity index (χ1v) is 6.77. The Morgan fingerprint density at radius 3 is 2.45 bits per heavy atom. The van der Waals surface area contributed by atoms with Crippen LogP contribution in [0, 0.1) is 0 Å². The molecule has 0 aliphatic heterocycles. The van der Waals surface area contributed by atoms with Gasteiger partial charge in [0.15, 0.2) is 0 Å². The minimum Gasteiger partial charge on any atom is -0.508 e. The summed E-state index contributed by atoms with van der Waals surface area (Å²) >= 11 is 0. The highest BCUT2D eigenvalue weighted by molar-refractivity contribution is 5.39. The molecule has 0 spiro atoms. The van der Waals surface area contributed by atoms with Crippen LogP contribution in [-0.2, 0) is 16.0 Å². The van der Waals surface area contributed by atoms with E-state index in [0.29, 0.717) is 18.9 Å². The fraction of sp³-hybridized carbons (Fsp3) is 0.600. The van der Waals surface area contributed by atoms with Crippen molar-refractivity contribution in [1.29, 1.82) is 0 Å². The molecule has 1 rings (SSSR count). The van der Waals surface area contributed by atoms with Gasteiger partial charge >= 0.3 is 0 Å². The minimum atomic E-state index is 0.292. The number of rotatable bonds is 10. The van der Waals surface area contributed by atoms with E-state index in [1.165, 1.54) is 0 Å². The van der Waals surface area contributed by atoms with Crippen LogP contribution in [0.4, 0.5) is 0 Å². The van der Waals surface area contributed by atoms with E-state index in [-0.39, 0.29) is 0 Å². The fourth-order valence-corrected chi connectivity index (χ4v) is 1.98. The molecule has 0 unspecified atom stereocenters. The molecule has 5 nitrogen and oxygen atoms in total. The van der Waals surface area contributed by atoms with Gasteiger partial charge in [0.05, 0.1) is 13.7 Å². The van der Waals surface area contributed by atoms with Gasteiger partial charge < -0.3 is 19.3 Å². The Balaban J connectivity index is 2.66. The monoisotopic (exact) mass is 283 g/mol. The van der Waals surface area contributed by atoms with Crippen LogP contribution in [0.25, 0.3) is 0 Å². The van der Waals surface area contributed by atoms with Crippen LogP contribution in [0.1, 0.15) is 12.0 Å². The Hall–Kier alpha value is -1.30. The Kier molecular flexibility index (Phi) is 8.02. The first kappa shape index (κ1) is 16.8. The number of benzene rings is 1. The summed E-state index contributed by atoms with van der Waals surface area (Å²) in [6, 6.07) is 5.28. The lowest BCUT2D eigenvalue weighted by atomic mass is 10.1. The number of hydrogen-bond donors (Lipinski definition) is 1. The van der Waals surface area contributed by atoms with Crippen LogP contribution in [0.3, 0.4) is 0 Å². The van der Waals surface area contributed by atoms with E-state index in [9.17, 15) is 5.11 Å². The van der Waals surface area contributed by atoms with Crippen molar-refractivity contribution in [3.05, 3.63) is 23.8 Å². The van der Waals surface area contributed by atoms with Gasteiger partial charge in [-0.25, -0.2) is 0 Å². The molecule has 5 heteroatoms. The van der Waals surface area contributed by atoms with E-state index in [2.05, 4.69) is 4.90 Å². The average Bonchev–Trinajstić information content (AvgIpc) is 2.46. The first-order valence-electron chi connectivity index (χ1n) is 6.77. The summed E-state index contributed by atoms with van der Waals surface area (Å²) in [6.07, 6.45) is 0.949. The van der Waals surface area contributed by atoms with Crippen molar-refractivity contribution in [3.63, 3.8) is 0 Å². The average molecular weight is 283 g/mol. The SMILES string of the molecule is COCCCN(CCOC)Cc1cc(OC)ccc1O. The van der Waals surface area contributed by atoms with Crippen LogP contribution in [0.2, 0.25) is 0 Å². The molecular weight excluding hydrogens is 258 g/mol. The Morgan fingerprint density at radius 2 is 1.80 bits per heavy atom. The zero-order valence-corrected chi connectivity index (χ0v) is 12.6. The second kappa shape index (κ2) is 9.58. The molecule has 0 aliphatic carbocycles. The normalized spacial score (nSPS) is 11.0. The maximum Gasteiger partial charge on any atom is 0.120 e. The summed E-state index contributed by atoms with van der Waals surface area (Å²) in [7, 11) is 5.02.